The predicted octanol–water partition coefficient (Wildman–Crippen LogP) is 2.85. The van der Waals surface area contributed by atoms with Gasteiger partial charge in [0.25, 0.3) is 5.91 Å². The first-order chi connectivity index (χ1) is 12.2. The van der Waals surface area contributed by atoms with E-state index in [9.17, 15) is 13.2 Å². The lowest BCUT2D eigenvalue weighted by Crippen LogP contribution is -2.31. The molecule has 0 aliphatic carbocycles. The highest BCUT2D eigenvalue weighted by atomic mass is 35.5. The summed E-state index contributed by atoms with van der Waals surface area (Å²) in [6, 6.07) is 13.0. The molecule has 0 aromatic heterocycles. The average molecular weight is 397 g/mol. The lowest BCUT2D eigenvalue weighted by atomic mass is 10.1. The fraction of sp³-hybridized carbons (Fsp3) is 0.278. The molecule has 0 radical (unpaired) electrons. The molecule has 0 bridgehead atoms. The molecule has 6 nitrogen and oxygen atoms in total. The van der Waals surface area contributed by atoms with Crippen molar-refractivity contribution in [3.8, 4) is 5.75 Å². The summed E-state index contributed by atoms with van der Waals surface area (Å²) in [6.07, 6.45) is 0. The van der Waals surface area contributed by atoms with Crippen LogP contribution in [0.25, 0.3) is 0 Å². The van der Waals surface area contributed by atoms with Crippen molar-refractivity contribution in [2.45, 2.75) is 17.9 Å². The smallest absolute Gasteiger partial charge is 0.258 e. The van der Waals surface area contributed by atoms with Crippen LogP contribution >= 0.6 is 11.6 Å². The second-order valence-corrected chi connectivity index (χ2v) is 8.48. The minimum atomic E-state index is -3.49. The van der Waals surface area contributed by atoms with Gasteiger partial charge in [-0.05, 0) is 48.9 Å². The second-order valence-electron chi connectivity index (χ2n) is 5.89. The number of halogens is 1. The largest absolute Gasteiger partial charge is 0.484 e. The van der Waals surface area contributed by atoms with Crippen molar-refractivity contribution in [3.63, 3.8) is 0 Å². The maximum absolute atomic E-state index is 12.0. The van der Waals surface area contributed by atoms with Gasteiger partial charge in [0.2, 0.25) is 10.0 Å². The second kappa shape index (κ2) is 8.53. The molecule has 0 saturated carbocycles. The van der Waals surface area contributed by atoms with Gasteiger partial charge in [-0.2, -0.15) is 0 Å². The van der Waals surface area contributed by atoms with Crippen LogP contribution in [0.4, 0.5) is 0 Å². The van der Waals surface area contributed by atoms with Crippen LogP contribution in [-0.2, 0) is 14.8 Å². The van der Waals surface area contributed by atoms with Gasteiger partial charge < -0.3 is 10.1 Å². The molecule has 8 heteroatoms. The molecule has 0 heterocycles. The minimum absolute atomic E-state index is 0.163. The molecule has 0 unspecified atom stereocenters. The number of hydrogen-bond acceptors (Lipinski definition) is 4. The summed E-state index contributed by atoms with van der Waals surface area (Å²) in [4.78, 5) is 12.2. The Morgan fingerprint density at radius 2 is 1.69 bits per heavy atom. The quantitative estimate of drug-likeness (QED) is 0.780. The maximum Gasteiger partial charge on any atom is 0.258 e. The highest BCUT2D eigenvalue weighted by Crippen LogP contribution is 2.18. The van der Waals surface area contributed by atoms with Gasteiger partial charge in [-0.25, -0.2) is 12.7 Å². The van der Waals surface area contributed by atoms with E-state index in [1.165, 1.54) is 38.4 Å². The summed E-state index contributed by atoms with van der Waals surface area (Å²) >= 11 is 5.85. The van der Waals surface area contributed by atoms with Crippen molar-refractivity contribution < 1.29 is 17.9 Å². The van der Waals surface area contributed by atoms with Gasteiger partial charge in [0.05, 0.1) is 10.9 Å². The first-order valence-corrected chi connectivity index (χ1v) is 9.72. The Labute approximate surface area is 158 Å². The number of nitrogens with zero attached hydrogens (tertiary/aromatic N) is 1. The number of carbonyl (C=O) groups excluding carboxylic acids is 1. The van der Waals surface area contributed by atoms with Gasteiger partial charge in [0.15, 0.2) is 6.61 Å². The summed E-state index contributed by atoms with van der Waals surface area (Å²) in [5.41, 5.74) is 0.931. The fourth-order valence-electron chi connectivity index (χ4n) is 2.19. The molecule has 0 spiro atoms. The standard InChI is InChI=1S/C18H21ClN2O4S/c1-13(14-4-6-15(19)7-5-14)20-18(22)12-25-16-8-10-17(11-9-16)26(23,24)21(2)3/h4-11,13H,12H2,1-3H3,(H,20,22)/t13-/m1/s1. The molecular formula is C18H21ClN2O4S. The number of amides is 1. The lowest BCUT2D eigenvalue weighted by molar-refractivity contribution is -0.123. The van der Waals surface area contributed by atoms with Crippen LogP contribution in [0.1, 0.15) is 18.5 Å². The number of nitrogens with one attached hydrogen (secondary N) is 1. The van der Waals surface area contributed by atoms with Gasteiger partial charge in [0, 0.05) is 19.1 Å². The number of benzene rings is 2. The first-order valence-electron chi connectivity index (χ1n) is 7.90. The topological polar surface area (TPSA) is 75.7 Å². The maximum atomic E-state index is 12.0. The molecule has 26 heavy (non-hydrogen) atoms. The highest BCUT2D eigenvalue weighted by molar-refractivity contribution is 7.89. The third kappa shape index (κ3) is 5.20. The minimum Gasteiger partial charge on any atom is -0.484 e. The average Bonchev–Trinajstić information content (AvgIpc) is 2.60. The van der Waals surface area contributed by atoms with Gasteiger partial charge in [-0.1, -0.05) is 23.7 Å². The summed E-state index contributed by atoms with van der Waals surface area (Å²) in [7, 11) is -0.557. The van der Waals surface area contributed by atoms with E-state index in [-0.39, 0.29) is 23.5 Å². The van der Waals surface area contributed by atoms with E-state index < -0.39 is 10.0 Å². The fourth-order valence-corrected chi connectivity index (χ4v) is 3.21. The predicted molar refractivity (Wildman–Crippen MR) is 101 cm³/mol. The monoisotopic (exact) mass is 396 g/mol. The van der Waals surface area contributed by atoms with Crippen molar-refractivity contribution in [2.75, 3.05) is 20.7 Å². The molecular weight excluding hydrogens is 376 g/mol. The van der Waals surface area contributed by atoms with Gasteiger partial charge in [0.1, 0.15) is 5.75 Å². The third-order valence-corrected chi connectivity index (χ3v) is 5.80. The van der Waals surface area contributed by atoms with E-state index in [4.69, 9.17) is 16.3 Å². The Kier molecular flexibility index (Phi) is 6.63. The molecule has 1 amide bonds. The van der Waals surface area contributed by atoms with Gasteiger partial charge in [-0.3, -0.25) is 4.79 Å². The van der Waals surface area contributed by atoms with Crippen molar-refractivity contribution in [1.29, 1.82) is 0 Å². The van der Waals surface area contributed by atoms with Crippen LogP contribution in [-0.4, -0.2) is 39.3 Å². The number of ether oxygens (including phenoxy) is 1. The number of rotatable bonds is 7. The Bertz CT molecular complexity index is 850. The van der Waals surface area contributed by atoms with Crippen molar-refractivity contribution in [1.82, 2.24) is 9.62 Å². The molecule has 0 saturated heterocycles. The highest BCUT2D eigenvalue weighted by Gasteiger charge is 2.17. The van der Waals surface area contributed by atoms with E-state index in [1.54, 1.807) is 12.1 Å². The first kappa shape index (κ1) is 20.2. The third-order valence-electron chi connectivity index (χ3n) is 3.72. The molecule has 0 aliphatic heterocycles. The van der Waals surface area contributed by atoms with Crippen molar-refractivity contribution in [3.05, 3.63) is 59.1 Å². The molecule has 140 valence electrons. The van der Waals surface area contributed by atoms with E-state index in [2.05, 4.69) is 5.32 Å². The number of carbonyl (C=O) groups is 1. The van der Waals surface area contributed by atoms with Crippen LogP contribution in [0, 0.1) is 0 Å². The van der Waals surface area contributed by atoms with Crippen LogP contribution in [0.5, 0.6) is 5.75 Å². The van der Waals surface area contributed by atoms with Crippen molar-refractivity contribution in [2.24, 2.45) is 0 Å². The van der Waals surface area contributed by atoms with Crippen LogP contribution < -0.4 is 10.1 Å². The zero-order valence-electron chi connectivity index (χ0n) is 14.8. The molecule has 2 aromatic rings. The SMILES string of the molecule is C[C@@H](NC(=O)COc1ccc(S(=O)(=O)N(C)C)cc1)c1ccc(Cl)cc1. The van der Waals surface area contributed by atoms with E-state index in [0.29, 0.717) is 10.8 Å². The zero-order chi connectivity index (χ0) is 19.3. The summed E-state index contributed by atoms with van der Waals surface area (Å²) < 4.78 is 30.5. The molecule has 1 atom stereocenters. The summed E-state index contributed by atoms with van der Waals surface area (Å²) in [5, 5.41) is 3.46. The van der Waals surface area contributed by atoms with E-state index in [0.717, 1.165) is 9.87 Å². The molecule has 1 N–H and O–H groups in total. The molecule has 2 aromatic carbocycles. The van der Waals surface area contributed by atoms with Crippen LogP contribution in [0.15, 0.2) is 53.4 Å². The number of hydrogen-bond donors (Lipinski definition) is 1. The Balaban J connectivity index is 1.90. The van der Waals surface area contributed by atoms with Crippen molar-refractivity contribution >= 4 is 27.5 Å². The molecule has 0 fully saturated rings. The Morgan fingerprint density at radius 3 is 2.23 bits per heavy atom. The van der Waals surface area contributed by atoms with E-state index in [1.807, 2.05) is 19.1 Å². The van der Waals surface area contributed by atoms with Crippen LogP contribution in [0.2, 0.25) is 5.02 Å². The lowest BCUT2D eigenvalue weighted by Gasteiger charge is -2.15. The van der Waals surface area contributed by atoms with E-state index >= 15 is 0 Å². The van der Waals surface area contributed by atoms with Crippen LogP contribution in [0.3, 0.4) is 0 Å². The zero-order valence-corrected chi connectivity index (χ0v) is 16.3. The number of sulfonamides is 1. The normalized spacial score (nSPS) is 12.7. The molecule has 2 rings (SSSR count). The summed E-state index contributed by atoms with van der Waals surface area (Å²) in [5.74, 6) is 0.134. The summed E-state index contributed by atoms with van der Waals surface area (Å²) in [6.45, 7) is 1.69. The molecule has 0 aliphatic rings. The van der Waals surface area contributed by atoms with Gasteiger partial charge >= 0.3 is 0 Å². The van der Waals surface area contributed by atoms with Gasteiger partial charge in [-0.15, -0.1) is 0 Å². The Hall–Kier alpha value is -2.09. The Morgan fingerprint density at radius 1 is 1.12 bits per heavy atom.